The molecule has 2 aromatic heterocycles. The number of carbonyl (C=O) groups is 1. The van der Waals surface area contributed by atoms with Gasteiger partial charge in [-0.15, -0.1) is 0 Å². The second kappa shape index (κ2) is 11.9. The fourth-order valence-corrected chi connectivity index (χ4v) is 3.92. The average molecular weight is 512 g/mol. The highest BCUT2D eigenvalue weighted by Crippen LogP contribution is 2.27. The number of pyridine rings is 1. The van der Waals surface area contributed by atoms with Gasteiger partial charge in [-0.2, -0.15) is 30.0 Å². The molecule has 0 unspecified atom stereocenters. The third-order valence-electron chi connectivity index (χ3n) is 4.43. The molecular weight excluding hydrogens is 491 g/mol. The van der Waals surface area contributed by atoms with Crippen LogP contribution in [0.3, 0.4) is 0 Å². The summed E-state index contributed by atoms with van der Waals surface area (Å²) in [5, 5.41) is 8.27. The summed E-state index contributed by atoms with van der Waals surface area (Å²) in [5.41, 5.74) is 0.914. The van der Waals surface area contributed by atoms with Gasteiger partial charge >= 0.3 is 6.18 Å². The lowest BCUT2D eigenvalue weighted by atomic mass is 10.3. The van der Waals surface area contributed by atoms with E-state index in [4.69, 9.17) is 16.4 Å². The molecule has 0 saturated heterocycles. The summed E-state index contributed by atoms with van der Waals surface area (Å²) < 4.78 is 39.1. The van der Waals surface area contributed by atoms with Gasteiger partial charge in [0.2, 0.25) is 0 Å². The van der Waals surface area contributed by atoms with Gasteiger partial charge in [-0.1, -0.05) is 35.0 Å². The van der Waals surface area contributed by atoms with Crippen LogP contribution in [0.1, 0.15) is 13.3 Å². The number of hydrogen-bond acceptors (Lipinski definition) is 6. The normalized spacial score (nSPS) is 12.0. The van der Waals surface area contributed by atoms with Gasteiger partial charge in [0.25, 0.3) is 5.91 Å². The Kier molecular flexibility index (Phi) is 8.94. The number of para-hydroxylation sites is 1. The number of nitrogens with zero attached hydrogens (tertiary/aromatic N) is 5. The molecule has 3 aromatic rings. The van der Waals surface area contributed by atoms with E-state index in [9.17, 15) is 18.0 Å². The van der Waals surface area contributed by atoms with Gasteiger partial charge < -0.3 is 9.74 Å². The molecule has 0 aliphatic heterocycles. The number of thioether (sulfide) groups is 1. The maximum Gasteiger partial charge on any atom is 0.389 e. The van der Waals surface area contributed by atoms with Crippen molar-refractivity contribution in [1.82, 2.24) is 14.8 Å². The van der Waals surface area contributed by atoms with Gasteiger partial charge in [-0.3, -0.25) is 9.78 Å². The van der Waals surface area contributed by atoms with E-state index >= 15 is 0 Å². The van der Waals surface area contributed by atoms with E-state index in [0.717, 1.165) is 11.8 Å². The number of amides is 1. The second-order valence-electron chi connectivity index (χ2n) is 6.87. The highest BCUT2D eigenvalue weighted by Gasteiger charge is 2.28. The summed E-state index contributed by atoms with van der Waals surface area (Å²) in [4.78, 5) is 24.1. The number of oxime groups is 1. The van der Waals surface area contributed by atoms with Crippen molar-refractivity contribution in [2.24, 2.45) is 5.16 Å². The van der Waals surface area contributed by atoms with E-state index in [1.807, 2.05) is 0 Å². The minimum Gasteiger partial charge on any atom is -0.357 e. The Labute approximate surface area is 203 Å². The molecule has 0 fully saturated rings. The van der Waals surface area contributed by atoms with Crippen molar-refractivity contribution >= 4 is 40.7 Å². The van der Waals surface area contributed by atoms with Crippen LogP contribution in [0.2, 0.25) is 5.15 Å². The Morgan fingerprint density at radius 1 is 1.24 bits per heavy atom. The number of aromatic nitrogens is 3. The van der Waals surface area contributed by atoms with Crippen molar-refractivity contribution in [2.45, 2.75) is 19.5 Å². The monoisotopic (exact) mass is 511 g/mol. The van der Waals surface area contributed by atoms with Crippen LogP contribution in [0.4, 0.5) is 18.9 Å². The minimum atomic E-state index is -4.28. The Morgan fingerprint density at radius 3 is 2.65 bits per heavy atom. The third-order valence-corrected chi connectivity index (χ3v) is 5.67. The van der Waals surface area contributed by atoms with Gasteiger partial charge in [-0.25, -0.2) is 4.68 Å². The zero-order chi connectivity index (χ0) is 24.6. The number of anilines is 1. The zero-order valence-electron chi connectivity index (χ0n) is 18.1. The van der Waals surface area contributed by atoms with Crippen LogP contribution in [-0.2, 0) is 4.79 Å². The SMILES string of the molecule is CCN(C(=O)C(CSCCC(F)(F)F)=NOc1ccccc1)c1cn(-c2cccnc2)nc1Cl. The van der Waals surface area contributed by atoms with Gasteiger partial charge in [-0.05, 0) is 31.2 Å². The van der Waals surface area contributed by atoms with Crippen molar-refractivity contribution < 1.29 is 22.8 Å². The van der Waals surface area contributed by atoms with Gasteiger partial charge in [0.15, 0.2) is 16.6 Å². The molecule has 7 nitrogen and oxygen atoms in total. The number of hydrogen-bond donors (Lipinski definition) is 0. The van der Waals surface area contributed by atoms with E-state index in [-0.39, 0.29) is 28.9 Å². The van der Waals surface area contributed by atoms with Crippen molar-refractivity contribution in [3.8, 4) is 11.4 Å². The zero-order valence-corrected chi connectivity index (χ0v) is 19.6. The number of benzene rings is 1. The van der Waals surface area contributed by atoms with E-state index in [2.05, 4.69) is 15.2 Å². The molecule has 0 spiro atoms. The van der Waals surface area contributed by atoms with Crippen LogP contribution in [0.25, 0.3) is 5.69 Å². The first-order chi connectivity index (χ1) is 16.3. The number of halogens is 4. The van der Waals surface area contributed by atoms with Crippen LogP contribution in [-0.4, -0.2) is 50.6 Å². The first-order valence-electron chi connectivity index (χ1n) is 10.2. The smallest absolute Gasteiger partial charge is 0.357 e. The first-order valence-corrected chi connectivity index (χ1v) is 11.7. The predicted octanol–water partition coefficient (Wildman–Crippen LogP) is 5.39. The van der Waals surface area contributed by atoms with Crippen molar-refractivity contribution in [1.29, 1.82) is 0 Å². The summed E-state index contributed by atoms with van der Waals surface area (Å²) >= 11 is 7.26. The summed E-state index contributed by atoms with van der Waals surface area (Å²) in [5.74, 6) is -0.455. The lowest BCUT2D eigenvalue weighted by Crippen LogP contribution is -2.38. The molecule has 0 aliphatic rings. The van der Waals surface area contributed by atoms with Crippen LogP contribution in [0, 0.1) is 0 Å². The molecule has 34 heavy (non-hydrogen) atoms. The Morgan fingerprint density at radius 2 is 2.00 bits per heavy atom. The average Bonchev–Trinajstić information content (AvgIpc) is 3.21. The maximum absolute atomic E-state index is 13.4. The minimum absolute atomic E-state index is 0.0527. The fourth-order valence-electron chi connectivity index (χ4n) is 2.80. The van der Waals surface area contributed by atoms with Crippen LogP contribution >= 0.6 is 23.4 Å². The highest BCUT2D eigenvalue weighted by atomic mass is 35.5. The molecule has 0 bridgehead atoms. The molecule has 1 aromatic carbocycles. The van der Waals surface area contributed by atoms with E-state index in [1.165, 1.54) is 9.58 Å². The number of alkyl halides is 3. The van der Waals surface area contributed by atoms with E-state index in [0.29, 0.717) is 17.1 Å². The van der Waals surface area contributed by atoms with Crippen LogP contribution in [0.5, 0.6) is 5.75 Å². The molecule has 3 rings (SSSR count). The highest BCUT2D eigenvalue weighted by molar-refractivity contribution is 8.00. The number of carbonyl (C=O) groups excluding carboxylic acids is 1. The van der Waals surface area contributed by atoms with Crippen LogP contribution < -0.4 is 9.74 Å². The van der Waals surface area contributed by atoms with Crippen molar-refractivity contribution in [3.63, 3.8) is 0 Å². The molecule has 2 heterocycles. The topological polar surface area (TPSA) is 72.6 Å². The lowest BCUT2D eigenvalue weighted by molar-refractivity contribution is -0.129. The molecule has 0 radical (unpaired) electrons. The lowest BCUT2D eigenvalue weighted by Gasteiger charge is -2.20. The molecule has 0 N–H and O–H groups in total. The molecule has 1 amide bonds. The molecule has 180 valence electrons. The predicted molar refractivity (Wildman–Crippen MR) is 127 cm³/mol. The van der Waals surface area contributed by atoms with Gasteiger partial charge in [0, 0.05) is 24.2 Å². The Hall–Kier alpha value is -3.05. The Bertz CT molecular complexity index is 1110. The van der Waals surface area contributed by atoms with Crippen molar-refractivity contribution in [2.75, 3.05) is 23.0 Å². The quantitative estimate of drug-likeness (QED) is 0.207. The standard InChI is InChI=1S/C22H21ClF3N5O2S/c1-2-30(19-14-31(28-20(19)23)16-7-6-11-27-13-16)21(32)18(15-34-12-10-22(24,25)26)29-33-17-8-4-3-5-9-17/h3-9,11,13-14H,2,10,12,15H2,1H3. The molecule has 0 aliphatic carbocycles. The summed E-state index contributed by atoms with van der Waals surface area (Å²) in [6.45, 7) is 1.96. The summed E-state index contributed by atoms with van der Waals surface area (Å²) in [6, 6.07) is 12.1. The van der Waals surface area contributed by atoms with Gasteiger partial charge in [0.1, 0.15) is 5.69 Å². The van der Waals surface area contributed by atoms with E-state index in [1.54, 1.807) is 68.0 Å². The number of rotatable bonds is 10. The molecule has 0 atom stereocenters. The fraction of sp³-hybridized carbons (Fsp3) is 0.273. The van der Waals surface area contributed by atoms with Crippen LogP contribution in [0.15, 0.2) is 66.2 Å². The molecule has 12 heteroatoms. The van der Waals surface area contributed by atoms with Crippen molar-refractivity contribution in [3.05, 3.63) is 66.2 Å². The second-order valence-corrected chi connectivity index (χ2v) is 8.33. The summed E-state index contributed by atoms with van der Waals surface area (Å²) in [6.07, 6.45) is -0.474. The first kappa shape index (κ1) is 25.6. The third kappa shape index (κ3) is 7.22. The largest absolute Gasteiger partial charge is 0.389 e. The maximum atomic E-state index is 13.4. The Balaban J connectivity index is 1.83. The summed E-state index contributed by atoms with van der Waals surface area (Å²) in [7, 11) is 0. The van der Waals surface area contributed by atoms with E-state index < -0.39 is 18.5 Å². The van der Waals surface area contributed by atoms with Gasteiger partial charge in [0.05, 0.1) is 24.5 Å². The molecule has 0 saturated carbocycles. The molecular formula is C22H21ClF3N5O2S.